The third-order valence-electron chi connectivity index (χ3n) is 4.38. The van der Waals surface area contributed by atoms with Gasteiger partial charge < -0.3 is 9.73 Å². The van der Waals surface area contributed by atoms with Crippen LogP contribution in [0.3, 0.4) is 0 Å². The fourth-order valence-electron chi connectivity index (χ4n) is 3.25. The first-order valence-corrected chi connectivity index (χ1v) is 8.05. The number of hydrogen-bond donors (Lipinski definition) is 1. The normalized spacial score (nSPS) is 20.7. The summed E-state index contributed by atoms with van der Waals surface area (Å²) in [5.74, 6) is 1.75. The predicted molar refractivity (Wildman–Crippen MR) is 85.0 cm³/mol. The Labute approximate surface area is 135 Å². The molecule has 0 saturated heterocycles. The quantitative estimate of drug-likeness (QED) is 0.938. The van der Waals surface area contributed by atoms with E-state index in [1.54, 1.807) is 6.92 Å². The van der Waals surface area contributed by atoms with Crippen LogP contribution < -0.4 is 5.32 Å². The number of aryl methyl sites for hydroxylation is 3. The first kappa shape index (κ1) is 15.6. The van der Waals surface area contributed by atoms with Gasteiger partial charge in [-0.1, -0.05) is 0 Å². The van der Waals surface area contributed by atoms with Gasteiger partial charge in [-0.25, -0.2) is 0 Å². The summed E-state index contributed by atoms with van der Waals surface area (Å²) in [7, 11) is 0. The number of hydrogen-bond acceptors (Lipinski definition) is 5. The van der Waals surface area contributed by atoms with Crippen LogP contribution in [0.25, 0.3) is 0 Å². The summed E-state index contributed by atoms with van der Waals surface area (Å²) < 4.78 is 5.44. The number of amides is 1. The van der Waals surface area contributed by atoms with E-state index >= 15 is 0 Å². The molecule has 0 unspecified atom stereocenters. The highest BCUT2D eigenvalue weighted by atomic mass is 16.4. The Balaban J connectivity index is 1.56. The Kier molecular flexibility index (Phi) is 4.41. The summed E-state index contributed by atoms with van der Waals surface area (Å²) in [5, 5.41) is 11.0. The number of aromatic nitrogens is 3. The first-order valence-electron chi connectivity index (χ1n) is 8.05. The fourth-order valence-corrected chi connectivity index (χ4v) is 3.25. The number of nitrogens with one attached hydrogen (secondary N) is 1. The molecular weight excluding hydrogens is 292 g/mol. The molecule has 0 radical (unpaired) electrons. The highest BCUT2D eigenvalue weighted by Crippen LogP contribution is 2.28. The lowest BCUT2D eigenvalue weighted by molar-refractivity contribution is 0.0936. The van der Waals surface area contributed by atoms with Gasteiger partial charge in [0.05, 0.1) is 11.3 Å². The van der Waals surface area contributed by atoms with Gasteiger partial charge in [0.2, 0.25) is 11.8 Å². The average molecular weight is 314 g/mol. The summed E-state index contributed by atoms with van der Waals surface area (Å²) in [6.07, 6.45) is 3.79. The Morgan fingerprint density at radius 3 is 2.78 bits per heavy atom. The van der Waals surface area contributed by atoms with Gasteiger partial charge in [0.25, 0.3) is 5.91 Å². The van der Waals surface area contributed by atoms with Gasteiger partial charge >= 0.3 is 0 Å². The molecule has 122 valence electrons. The van der Waals surface area contributed by atoms with Gasteiger partial charge in [0, 0.05) is 25.1 Å². The van der Waals surface area contributed by atoms with E-state index in [9.17, 15) is 4.79 Å². The number of carbonyl (C=O) groups is 1. The highest BCUT2D eigenvalue weighted by Gasteiger charge is 2.28. The lowest BCUT2D eigenvalue weighted by Gasteiger charge is -2.14. The van der Waals surface area contributed by atoms with Crippen LogP contribution in [0.4, 0.5) is 0 Å². The summed E-state index contributed by atoms with van der Waals surface area (Å²) in [4.78, 5) is 16.8. The summed E-state index contributed by atoms with van der Waals surface area (Å²) in [5.41, 5.74) is 2.36. The maximum Gasteiger partial charge on any atom is 0.253 e. The molecule has 6 heteroatoms. The molecule has 2 atom stereocenters. The smallest absolute Gasteiger partial charge is 0.253 e. The van der Waals surface area contributed by atoms with E-state index in [1.807, 2.05) is 26.0 Å². The van der Waals surface area contributed by atoms with E-state index in [4.69, 9.17) is 4.42 Å². The maximum atomic E-state index is 12.4. The third kappa shape index (κ3) is 3.75. The minimum Gasteiger partial charge on any atom is -0.426 e. The molecule has 2 aromatic rings. The minimum absolute atomic E-state index is 0.0331. The van der Waals surface area contributed by atoms with Gasteiger partial charge in [-0.3, -0.25) is 9.78 Å². The van der Waals surface area contributed by atoms with Crippen molar-refractivity contribution in [3.8, 4) is 0 Å². The number of carbonyl (C=O) groups excluding carboxylic acids is 1. The van der Waals surface area contributed by atoms with E-state index in [0.717, 1.165) is 37.1 Å². The minimum atomic E-state index is -0.0331. The van der Waals surface area contributed by atoms with Crippen molar-refractivity contribution < 1.29 is 9.21 Å². The van der Waals surface area contributed by atoms with E-state index in [0.29, 0.717) is 23.3 Å². The second-order valence-electron chi connectivity index (χ2n) is 6.35. The molecule has 1 aliphatic rings. The molecule has 3 rings (SSSR count). The van der Waals surface area contributed by atoms with Crippen LogP contribution in [-0.2, 0) is 6.42 Å². The number of pyridine rings is 1. The monoisotopic (exact) mass is 314 g/mol. The van der Waals surface area contributed by atoms with Crippen LogP contribution in [0.2, 0.25) is 0 Å². The molecule has 23 heavy (non-hydrogen) atoms. The van der Waals surface area contributed by atoms with Crippen LogP contribution in [0, 0.1) is 26.7 Å². The van der Waals surface area contributed by atoms with Gasteiger partial charge in [-0.2, -0.15) is 0 Å². The van der Waals surface area contributed by atoms with E-state index in [-0.39, 0.29) is 11.9 Å². The van der Waals surface area contributed by atoms with Crippen molar-refractivity contribution >= 4 is 5.91 Å². The van der Waals surface area contributed by atoms with Crippen LogP contribution >= 0.6 is 0 Å². The number of nitrogens with zero attached hydrogens (tertiary/aromatic N) is 3. The zero-order valence-electron chi connectivity index (χ0n) is 13.8. The predicted octanol–water partition coefficient (Wildman–Crippen LogP) is 2.53. The van der Waals surface area contributed by atoms with Crippen molar-refractivity contribution in [2.24, 2.45) is 5.92 Å². The molecule has 1 N–H and O–H groups in total. The van der Waals surface area contributed by atoms with Gasteiger partial charge in [0.15, 0.2) is 0 Å². The highest BCUT2D eigenvalue weighted by molar-refractivity contribution is 5.95. The van der Waals surface area contributed by atoms with Crippen molar-refractivity contribution in [2.45, 2.75) is 52.5 Å². The van der Waals surface area contributed by atoms with Gasteiger partial charge in [-0.15, -0.1) is 10.2 Å². The second-order valence-corrected chi connectivity index (χ2v) is 6.35. The van der Waals surface area contributed by atoms with Gasteiger partial charge in [-0.05, 0) is 51.2 Å². The average Bonchev–Trinajstić information content (AvgIpc) is 3.08. The topological polar surface area (TPSA) is 80.9 Å². The Morgan fingerprint density at radius 1 is 1.26 bits per heavy atom. The standard InChI is InChI=1S/C17H22N4O2/c1-10-4-7-15(11(2)18-10)17(22)19-14-6-5-13(8-14)9-16-21-20-12(3)23-16/h4,7,13-14H,5-6,8-9H2,1-3H3,(H,19,22)/t13-,14+/m1/s1. The first-order chi connectivity index (χ1) is 11.0. The largest absolute Gasteiger partial charge is 0.426 e. The van der Waals surface area contributed by atoms with Crippen LogP contribution in [-0.4, -0.2) is 27.1 Å². The lowest BCUT2D eigenvalue weighted by atomic mass is 10.0. The van der Waals surface area contributed by atoms with Crippen LogP contribution in [0.1, 0.15) is 52.8 Å². The van der Waals surface area contributed by atoms with Crippen molar-refractivity contribution in [2.75, 3.05) is 0 Å². The van der Waals surface area contributed by atoms with E-state index in [1.165, 1.54) is 0 Å². The molecule has 2 aromatic heterocycles. The van der Waals surface area contributed by atoms with Gasteiger partial charge in [0.1, 0.15) is 0 Å². The Morgan fingerprint density at radius 2 is 2.09 bits per heavy atom. The summed E-state index contributed by atoms with van der Waals surface area (Å²) in [6, 6.07) is 3.93. The Bertz CT molecular complexity index is 710. The fraction of sp³-hybridized carbons (Fsp3) is 0.529. The molecule has 1 fully saturated rings. The zero-order valence-corrected chi connectivity index (χ0v) is 13.8. The van der Waals surface area contributed by atoms with Crippen LogP contribution in [0.15, 0.2) is 16.5 Å². The summed E-state index contributed by atoms with van der Waals surface area (Å²) >= 11 is 0. The SMILES string of the molecule is Cc1ccc(C(=O)N[C@H]2CC[C@@H](Cc3nnc(C)o3)C2)c(C)n1. The Hall–Kier alpha value is -2.24. The molecule has 0 bridgehead atoms. The van der Waals surface area contributed by atoms with Crippen molar-refractivity contribution in [3.63, 3.8) is 0 Å². The summed E-state index contributed by atoms with van der Waals surface area (Å²) in [6.45, 7) is 5.60. The molecule has 0 aliphatic heterocycles. The van der Waals surface area contributed by atoms with E-state index < -0.39 is 0 Å². The lowest BCUT2D eigenvalue weighted by Crippen LogP contribution is -2.33. The maximum absolute atomic E-state index is 12.4. The number of rotatable bonds is 4. The molecule has 0 spiro atoms. The molecule has 1 aliphatic carbocycles. The second kappa shape index (κ2) is 6.48. The molecule has 6 nitrogen and oxygen atoms in total. The van der Waals surface area contributed by atoms with Crippen molar-refractivity contribution in [1.29, 1.82) is 0 Å². The molecule has 2 heterocycles. The molecule has 1 amide bonds. The molecular formula is C17H22N4O2. The third-order valence-corrected chi connectivity index (χ3v) is 4.38. The molecule has 0 aromatic carbocycles. The van der Waals surface area contributed by atoms with E-state index in [2.05, 4.69) is 20.5 Å². The van der Waals surface area contributed by atoms with Crippen molar-refractivity contribution in [3.05, 3.63) is 40.9 Å². The zero-order chi connectivity index (χ0) is 16.4. The van der Waals surface area contributed by atoms with Crippen molar-refractivity contribution in [1.82, 2.24) is 20.5 Å². The van der Waals surface area contributed by atoms with Crippen LogP contribution in [0.5, 0.6) is 0 Å². The molecule has 1 saturated carbocycles.